The number of nitrogens with zero attached hydrogens (tertiary/aromatic N) is 2. The lowest BCUT2D eigenvalue weighted by atomic mass is 9.86. The lowest BCUT2D eigenvalue weighted by Crippen LogP contribution is -2.34. The Morgan fingerprint density at radius 2 is 1.56 bits per heavy atom. The molecule has 9 heteroatoms. The minimum atomic E-state index is -4.82. The number of benzene rings is 4. The third kappa shape index (κ3) is 8.10. The summed E-state index contributed by atoms with van der Waals surface area (Å²) < 4.78 is 35.9. The number of amides is 1. The van der Waals surface area contributed by atoms with Crippen molar-refractivity contribution in [2.45, 2.75) is 53.0 Å². The van der Waals surface area contributed by atoms with Crippen LogP contribution in [0.5, 0.6) is 0 Å². The lowest BCUT2D eigenvalue weighted by molar-refractivity contribution is -0.122. The molecule has 1 aliphatic heterocycles. The number of rotatable bonds is 11. The average Bonchev–Trinajstić information content (AvgIpc) is 3.34. The molecule has 0 bridgehead atoms. The number of hydrogen-bond acceptors (Lipinski definition) is 6. The normalized spacial score (nSPS) is 15.8. The van der Waals surface area contributed by atoms with Gasteiger partial charge in [-0.15, -0.1) is 0 Å². The van der Waals surface area contributed by atoms with E-state index in [9.17, 15) is 13.2 Å². The molecule has 1 heterocycles. The number of hydrogen-bond donors (Lipinski definition) is 2. The van der Waals surface area contributed by atoms with Gasteiger partial charge in [0, 0.05) is 12.2 Å². The van der Waals surface area contributed by atoms with Crippen molar-refractivity contribution in [3.63, 3.8) is 0 Å². The number of amidine groups is 1. The number of aliphatic imine (C=N–C) groups is 1. The Morgan fingerprint density at radius 1 is 0.896 bits per heavy atom. The Balaban J connectivity index is 1.38. The molecule has 48 heavy (non-hydrogen) atoms. The van der Waals surface area contributed by atoms with E-state index in [1.165, 1.54) is 27.8 Å². The van der Waals surface area contributed by atoms with E-state index in [0.29, 0.717) is 5.56 Å². The summed E-state index contributed by atoms with van der Waals surface area (Å²) in [6.45, 7) is 10.4. The van der Waals surface area contributed by atoms with Crippen LogP contribution in [0.1, 0.15) is 72.6 Å². The molecule has 1 unspecified atom stereocenters. The first-order valence-corrected chi connectivity index (χ1v) is 17.4. The van der Waals surface area contributed by atoms with Crippen LogP contribution in [0.3, 0.4) is 0 Å². The van der Waals surface area contributed by atoms with E-state index in [2.05, 4.69) is 115 Å². The van der Waals surface area contributed by atoms with Gasteiger partial charge in [0.05, 0.1) is 5.54 Å². The average molecular weight is 664 g/mol. The molecule has 0 saturated heterocycles. The third-order valence-corrected chi connectivity index (χ3v) is 8.91. The van der Waals surface area contributed by atoms with Crippen LogP contribution >= 0.6 is 0 Å². The van der Waals surface area contributed by atoms with Gasteiger partial charge in [0.2, 0.25) is 0 Å². The predicted octanol–water partition coefficient (Wildman–Crippen LogP) is 8.40. The molecular formula is C39H41N3O5S. The molecule has 8 nitrogen and oxygen atoms in total. The van der Waals surface area contributed by atoms with Crippen LogP contribution in [0.2, 0.25) is 0 Å². The van der Waals surface area contributed by atoms with Gasteiger partial charge in [-0.1, -0.05) is 98.3 Å². The van der Waals surface area contributed by atoms with Crippen molar-refractivity contribution in [2.75, 3.05) is 11.9 Å². The number of likely N-dealkylation sites (N-methyl/N-ethyl adjacent to an activating group) is 1. The van der Waals surface area contributed by atoms with Gasteiger partial charge in [0.15, 0.2) is 0 Å². The number of nitrogens with one attached hydrogen (secondary N) is 1. The fourth-order valence-corrected chi connectivity index (χ4v) is 6.17. The molecule has 4 aromatic rings. The molecule has 0 aromatic heterocycles. The molecule has 1 aliphatic rings. The highest BCUT2D eigenvalue weighted by molar-refractivity contribution is 7.81. The summed E-state index contributed by atoms with van der Waals surface area (Å²) in [5, 5.41) is 3.72. The summed E-state index contributed by atoms with van der Waals surface area (Å²) in [5.74, 6) is -0.517. The van der Waals surface area contributed by atoms with Gasteiger partial charge in [-0.25, -0.2) is 0 Å². The Labute approximate surface area is 283 Å². The molecule has 0 aliphatic carbocycles. The fraction of sp³-hybridized carbons (Fsp3) is 0.231. The summed E-state index contributed by atoms with van der Waals surface area (Å²) in [6.07, 6.45) is 5.67. The van der Waals surface area contributed by atoms with Gasteiger partial charge in [0.1, 0.15) is 5.70 Å². The van der Waals surface area contributed by atoms with E-state index < -0.39 is 22.3 Å². The summed E-state index contributed by atoms with van der Waals surface area (Å²) >= 11 is 0. The second-order valence-electron chi connectivity index (χ2n) is 12.2. The zero-order valence-corrected chi connectivity index (χ0v) is 28.7. The molecule has 4 aromatic carbocycles. The van der Waals surface area contributed by atoms with Gasteiger partial charge in [-0.3, -0.25) is 14.2 Å². The van der Waals surface area contributed by atoms with Crippen LogP contribution in [0, 0.1) is 13.8 Å². The standard InChI is InChI=1S/C39H41N3O5S/c1-6-23-39(5,41-34-21-16-30(17-22-34)26-36-37(43)42(7-2)38(40-36)47-48(44,45)46)33-19-14-29(15-20-33)25-35(31-11-9-8-10-12-31)32-18-13-27(3)28(4)24-32/h8-22,24-26,41H,6-7,23H2,1-5H3,(H,44,45,46)/b35-25+,36-26-. The van der Waals surface area contributed by atoms with E-state index in [1.54, 1.807) is 13.0 Å². The Bertz CT molecular complexity index is 1980. The van der Waals surface area contributed by atoms with E-state index >= 15 is 0 Å². The van der Waals surface area contributed by atoms with Gasteiger partial charge in [-0.2, -0.15) is 13.4 Å². The van der Waals surface area contributed by atoms with Crippen molar-refractivity contribution in [2.24, 2.45) is 4.99 Å². The molecule has 0 saturated carbocycles. The van der Waals surface area contributed by atoms with Gasteiger partial charge in [-0.05, 0) is 103 Å². The largest absolute Gasteiger partial charge is 0.449 e. The SMILES string of the molecule is CCCC(C)(Nc1ccc(/C=C2\N=C(OS(=O)(=O)O)N(CC)C2=O)cc1)c1ccc(/C=C(\c2ccccc2)c2ccc(C)c(C)c2)cc1. The molecule has 5 rings (SSSR count). The van der Waals surface area contributed by atoms with E-state index in [1.807, 2.05) is 30.3 Å². The van der Waals surface area contributed by atoms with Crippen molar-refractivity contribution in [1.29, 1.82) is 0 Å². The van der Waals surface area contributed by atoms with Crippen LogP contribution in [0.15, 0.2) is 108 Å². The van der Waals surface area contributed by atoms with E-state index in [-0.39, 0.29) is 17.8 Å². The first-order chi connectivity index (χ1) is 22.9. The van der Waals surface area contributed by atoms with Crippen LogP contribution < -0.4 is 5.32 Å². The smallest absolute Gasteiger partial charge is 0.376 e. The molecule has 0 fully saturated rings. The number of carbonyl (C=O) groups is 1. The number of anilines is 1. The summed E-state index contributed by atoms with van der Waals surface area (Å²) in [6, 6.07) is 32.9. The maximum atomic E-state index is 12.7. The third-order valence-electron chi connectivity index (χ3n) is 8.55. The van der Waals surface area contributed by atoms with Crippen molar-refractivity contribution in [3.05, 3.63) is 142 Å². The molecule has 248 valence electrons. The molecular weight excluding hydrogens is 623 g/mol. The summed E-state index contributed by atoms with van der Waals surface area (Å²) in [4.78, 5) is 17.8. The molecule has 2 N–H and O–H groups in total. The monoisotopic (exact) mass is 663 g/mol. The summed E-state index contributed by atoms with van der Waals surface area (Å²) in [7, 11) is -4.82. The number of aryl methyl sites for hydroxylation is 2. The second-order valence-corrected chi connectivity index (χ2v) is 13.2. The maximum absolute atomic E-state index is 12.7. The maximum Gasteiger partial charge on any atom is 0.449 e. The van der Waals surface area contributed by atoms with Crippen LogP contribution in [0.4, 0.5) is 5.69 Å². The van der Waals surface area contributed by atoms with E-state index in [4.69, 9.17) is 4.55 Å². The van der Waals surface area contributed by atoms with Crippen LogP contribution in [-0.2, 0) is 24.9 Å². The Hall–Kier alpha value is -4.99. The van der Waals surface area contributed by atoms with Gasteiger partial charge < -0.3 is 9.50 Å². The zero-order chi connectivity index (χ0) is 34.5. The predicted molar refractivity (Wildman–Crippen MR) is 194 cm³/mol. The second kappa shape index (κ2) is 14.4. The molecule has 1 amide bonds. The highest BCUT2D eigenvalue weighted by Gasteiger charge is 2.33. The van der Waals surface area contributed by atoms with Gasteiger partial charge >= 0.3 is 16.4 Å². The van der Waals surface area contributed by atoms with Gasteiger partial charge in [0.25, 0.3) is 5.91 Å². The molecule has 1 atom stereocenters. The van der Waals surface area contributed by atoms with Crippen LogP contribution in [0.25, 0.3) is 17.7 Å². The highest BCUT2D eigenvalue weighted by Crippen LogP contribution is 2.33. The molecule has 0 radical (unpaired) electrons. The van der Waals surface area contributed by atoms with Crippen molar-refractivity contribution < 1.29 is 21.9 Å². The Morgan fingerprint density at radius 3 is 2.17 bits per heavy atom. The highest BCUT2D eigenvalue weighted by atomic mass is 32.3. The van der Waals surface area contributed by atoms with Crippen molar-refractivity contribution in [3.8, 4) is 0 Å². The van der Waals surface area contributed by atoms with E-state index in [0.717, 1.165) is 34.6 Å². The van der Waals surface area contributed by atoms with Crippen molar-refractivity contribution in [1.82, 2.24) is 4.90 Å². The molecule has 0 spiro atoms. The zero-order valence-electron chi connectivity index (χ0n) is 27.9. The lowest BCUT2D eigenvalue weighted by Gasteiger charge is -2.33. The minimum absolute atomic E-state index is 0.00843. The van der Waals surface area contributed by atoms with Crippen molar-refractivity contribution >= 4 is 45.7 Å². The summed E-state index contributed by atoms with van der Waals surface area (Å²) in [5.41, 5.74) is 9.60. The topological polar surface area (TPSA) is 108 Å². The number of carbonyl (C=O) groups excluding carboxylic acids is 1. The minimum Gasteiger partial charge on any atom is -0.376 e. The van der Waals surface area contributed by atoms with Crippen LogP contribution in [-0.4, -0.2) is 36.3 Å². The fourth-order valence-electron chi connectivity index (χ4n) is 5.86. The Kier molecular flexibility index (Phi) is 10.3. The first-order valence-electron chi connectivity index (χ1n) is 16.0. The first kappa shape index (κ1) is 34.3. The quantitative estimate of drug-likeness (QED) is 0.0948.